The van der Waals surface area contributed by atoms with Crippen LogP contribution < -0.4 is 0 Å². The van der Waals surface area contributed by atoms with E-state index >= 15 is 0 Å². The SMILES string of the molecule is CCC(C)CC(=O)c1c(O)cc(O)c(C)c1O. The van der Waals surface area contributed by atoms with Gasteiger partial charge in [-0.05, 0) is 12.8 Å². The highest BCUT2D eigenvalue weighted by atomic mass is 16.3. The number of Topliss-reactive ketones (excluding diaryl/α,β-unsaturated/α-hetero) is 1. The first kappa shape index (κ1) is 13.4. The fourth-order valence-corrected chi connectivity index (χ4v) is 1.58. The van der Waals surface area contributed by atoms with E-state index in [9.17, 15) is 20.1 Å². The summed E-state index contributed by atoms with van der Waals surface area (Å²) in [7, 11) is 0. The van der Waals surface area contributed by atoms with Crippen molar-refractivity contribution in [1.82, 2.24) is 0 Å². The lowest BCUT2D eigenvalue weighted by Crippen LogP contribution is -2.06. The van der Waals surface area contributed by atoms with Gasteiger partial charge < -0.3 is 15.3 Å². The van der Waals surface area contributed by atoms with Crippen LogP contribution in [0.4, 0.5) is 0 Å². The van der Waals surface area contributed by atoms with Gasteiger partial charge in [-0.2, -0.15) is 0 Å². The molecule has 0 amide bonds. The van der Waals surface area contributed by atoms with Crippen molar-refractivity contribution in [2.75, 3.05) is 0 Å². The first-order valence-electron chi connectivity index (χ1n) is 5.66. The third-order valence-corrected chi connectivity index (χ3v) is 3.02. The summed E-state index contributed by atoms with van der Waals surface area (Å²) in [6, 6.07) is 1.08. The molecule has 4 heteroatoms. The largest absolute Gasteiger partial charge is 0.507 e. The van der Waals surface area contributed by atoms with E-state index < -0.39 is 0 Å². The molecule has 1 aromatic carbocycles. The molecule has 0 radical (unpaired) electrons. The molecule has 4 nitrogen and oxygen atoms in total. The molecule has 94 valence electrons. The molecule has 17 heavy (non-hydrogen) atoms. The van der Waals surface area contributed by atoms with Crippen LogP contribution in [-0.4, -0.2) is 21.1 Å². The molecule has 1 rings (SSSR count). The standard InChI is InChI=1S/C13H18O4/c1-4-7(2)5-10(15)12-11(16)6-9(14)8(3)13(12)17/h6-7,14,16-17H,4-5H2,1-3H3. The van der Waals surface area contributed by atoms with Crippen LogP contribution in [-0.2, 0) is 0 Å². The van der Waals surface area contributed by atoms with Gasteiger partial charge in [-0.15, -0.1) is 0 Å². The van der Waals surface area contributed by atoms with E-state index in [0.29, 0.717) is 0 Å². The molecule has 0 aliphatic heterocycles. The van der Waals surface area contributed by atoms with Crippen LogP contribution >= 0.6 is 0 Å². The quantitative estimate of drug-likeness (QED) is 0.705. The summed E-state index contributed by atoms with van der Waals surface area (Å²) < 4.78 is 0. The highest BCUT2D eigenvalue weighted by Gasteiger charge is 2.21. The van der Waals surface area contributed by atoms with Crippen LogP contribution in [0.3, 0.4) is 0 Å². The van der Waals surface area contributed by atoms with E-state index in [-0.39, 0.29) is 46.5 Å². The smallest absolute Gasteiger partial charge is 0.170 e. The number of phenolic OH excluding ortho intramolecular Hbond substituents is 3. The Morgan fingerprint density at radius 2 is 1.88 bits per heavy atom. The maximum absolute atomic E-state index is 11.9. The van der Waals surface area contributed by atoms with E-state index in [2.05, 4.69) is 0 Å². The summed E-state index contributed by atoms with van der Waals surface area (Å²) in [4.78, 5) is 11.9. The number of carbonyl (C=O) groups excluding carboxylic acids is 1. The lowest BCUT2D eigenvalue weighted by molar-refractivity contribution is 0.0958. The molecule has 0 bridgehead atoms. The lowest BCUT2D eigenvalue weighted by atomic mass is 9.95. The zero-order chi connectivity index (χ0) is 13.2. The number of ketones is 1. The molecule has 0 aliphatic rings. The maximum atomic E-state index is 11.9. The van der Waals surface area contributed by atoms with Gasteiger partial charge in [0.15, 0.2) is 5.78 Å². The lowest BCUT2D eigenvalue weighted by Gasteiger charge is -2.12. The third kappa shape index (κ3) is 2.70. The van der Waals surface area contributed by atoms with Crippen LogP contribution in [0.5, 0.6) is 17.2 Å². The first-order chi connectivity index (χ1) is 7.88. The number of carbonyl (C=O) groups is 1. The second-order valence-corrected chi connectivity index (χ2v) is 4.40. The molecular formula is C13H18O4. The minimum atomic E-state index is -0.376. The highest BCUT2D eigenvalue weighted by Crippen LogP contribution is 2.37. The Kier molecular flexibility index (Phi) is 3.99. The molecule has 3 N–H and O–H groups in total. The third-order valence-electron chi connectivity index (χ3n) is 3.02. The molecule has 1 unspecified atom stereocenters. The number of hydrogen-bond donors (Lipinski definition) is 3. The summed E-state index contributed by atoms with van der Waals surface area (Å²) in [5, 5.41) is 28.8. The van der Waals surface area contributed by atoms with Gasteiger partial charge in [0.1, 0.15) is 22.8 Å². The minimum Gasteiger partial charge on any atom is -0.507 e. The van der Waals surface area contributed by atoms with Crippen molar-refractivity contribution in [3.05, 3.63) is 17.2 Å². The molecule has 0 saturated heterocycles. The topological polar surface area (TPSA) is 77.8 Å². The average molecular weight is 238 g/mol. The minimum absolute atomic E-state index is 0.0967. The van der Waals surface area contributed by atoms with Crippen molar-refractivity contribution in [2.45, 2.75) is 33.6 Å². The number of aromatic hydroxyl groups is 3. The van der Waals surface area contributed by atoms with E-state index in [4.69, 9.17) is 0 Å². The van der Waals surface area contributed by atoms with Crippen molar-refractivity contribution >= 4 is 5.78 Å². The van der Waals surface area contributed by atoms with E-state index in [1.807, 2.05) is 13.8 Å². The van der Waals surface area contributed by atoms with Crippen LogP contribution in [0.15, 0.2) is 6.07 Å². The normalized spacial score (nSPS) is 12.4. The van der Waals surface area contributed by atoms with Gasteiger partial charge in [0.25, 0.3) is 0 Å². The van der Waals surface area contributed by atoms with Gasteiger partial charge in [0.05, 0.1) is 0 Å². The van der Waals surface area contributed by atoms with Crippen molar-refractivity contribution in [1.29, 1.82) is 0 Å². The van der Waals surface area contributed by atoms with Crippen LogP contribution in [0.25, 0.3) is 0 Å². The molecule has 0 heterocycles. The van der Waals surface area contributed by atoms with Crippen molar-refractivity contribution in [3.8, 4) is 17.2 Å². The van der Waals surface area contributed by atoms with Gasteiger partial charge in [0.2, 0.25) is 0 Å². The molecule has 0 aromatic heterocycles. The average Bonchev–Trinajstić information content (AvgIpc) is 2.25. The Morgan fingerprint density at radius 3 is 2.41 bits per heavy atom. The summed E-state index contributed by atoms with van der Waals surface area (Å²) in [5.41, 5.74) is 0.107. The summed E-state index contributed by atoms with van der Waals surface area (Å²) in [6.45, 7) is 5.39. The van der Waals surface area contributed by atoms with Crippen LogP contribution in [0.2, 0.25) is 0 Å². The van der Waals surface area contributed by atoms with Gasteiger partial charge >= 0.3 is 0 Å². The van der Waals surface area contributed by atoms with E-state index in [0.717, 1.165) is 12.5 Å². The molecule has 1 atom stereocenters. The van der Waals surface area contributed by atoms with Crippen molar-refractivity contribution < 1.29 is 20.1 Å². The Balaban J connectivity index is 3.14. The highest BCUT2D eigenvalue weighted by molar-refractivity contribution is 6.02. The summed E-state index contributed by atoms with van der Waals surface area (Å²) in [5.74, 6) is -1.05. The maximum Gasteiger partial charge on any atom is 0.170 e. The zero-order valence-electron chi connectivity index (χ0n) is 10.3. The number of rotatable bonds is 4. The molecule has 0 aliphatic carbocycles. The van der Waals surface area contributed by atoms with Gasteiger partial charge in [-0.25, -0.2) is 0 Å². The number of phenols is 3. The van der Waals surface area contributed by atoms with Crippen molar-refractivity contribution in [2.24, 2.45) is 5.92 Å². The Bertz CT molecular complexity index is 438. The Morgan fingerprint density at radius 1 is 1.29 bits per heavy atom. The van der Waals surface area contributed by atoms with E-state index in [1.54, 1.807) is 0 Å². The molecule has 0 fully saturated rings. The Labute approximate surface area is 101 Å². The fraction of sp³-hybridized carbons (Fsp3) is 0.462. The predicted molar refractivity (Wildman–Crippen MR) is 64.6 cm³/mol. The Hall–Kier alpha value is -1.71. The number of hydrogen-bond acceptors (Lipinski definition) is 4. The molecule has 0 saturated carbocycles. The zero-order valence-corrected chi connectivity index (χ0v) is 10.3. The van der Waals surface area contributed by atoms with Crippen LogP contribution in [0, 0.1) is 12.8 Å². The first-order valence-corrected chi connectivity index (χ1v) is 5.66. The van der Waals surface area contributed by atoms with Gasteiger partial charge in [-0.3, -0.25) is 4.79 Å². The molecule has 1 aromatic rings. The van der Waals surface area contributed by atoms with E-state index in [1.165, 1.54) is 6.92 Å². The monoisotopic (exact) mass is 238 g/mol. The fourth-order valence-electron chi connectivity index (χ4n) is 1.58. The summed E-state index contributed by atoms with van der Waals surface area (Å²) >= 11 is 0. The van der Waals surface area contributed by atoms with Gasteiger partial charge in [0, 0.05) is 18.1 Å². The van der Waals surface area contributed by atoms with Crippen LogP contribution in [0.1, 0.15) is 42.6 Å². The summed E-state index contributed by atoms with van der Waals surface area (Å²) in [6.07, 6.45) is 1.12. The second-order valence-electron chi connectivity index (χ2n) is 4.40. The predicted octanol–water partition coefficient (Wildman–Crippen LogP) is 2.73. The van der Waals surface area contributed by atoms with Gasteiger partial charge in [-0.1, -0.05) is 20.3 Å². The number of benzene rings is 1. The second kappa shape index (κ2) is 5.08. The molecule has 0 spiro atoms. The van der Waals surface area contributed by atoms with Crippen molar-refractivity contribution in [3.63, 3.8) is 0 Å². The molecular weight excluding hydrogens is 220 g/mol.